The van der Waals surface area contributed by atoms with E-state index in [2.05, 4.69) is 10.5 Å². The summed E-state index contributed by atoms with van der Waals surface area (Å²) in [7, 11) is 0. The summed E-state index contributed by atoms with van der Waals surface area (Å²) >= 11 is 0. The Balaban J connectivity index is 2.51. The maximum absolute atomic E-state index is 12.0. The molecule has 1 rings (SSSR count). The fourth-order valence-electron chi connectivity index (χ4n) is 1.97. The predicted octanol–water partition coefficient (Wildman–Crippen LogP) is 1.10. The van der Waals surface area contributed by atoms with Gasteiger partial charge in [-0.2, -0.15) is 0 Å². The van der Waals surface area contributed by atoms with E-state index in [1.54, 1.807) is 4.90 Å². The zero-order chi connectivity index (χ0) is 12.7. The molecular formula is C11H22N4O2. The van der Waals surface area contributed by atoms with Crippen LogP contribution in [0.4, 0.5) is 4.79 Å². The standard InChI is InChI=1S/C11H22N4O2/c1-2-9(10(12)14-17)13-11(16)15-7-5-3-4-6-8-15/h9,17H,2-8H2,1H3,(H2,12,14)(H,13,16). The smallest absolute Gasteiger partial charge is 0.317 e. The Morgan fingerprint density at radius 1 is 1.41 bits per heavy atom. The maximum Gasteiger partial charge on any atom is 0.317 e. The molecule has 0 bridgehead atoms. The molecule has 98 valence electrons. The molecule has 17 heavy (non-hydrogen) atoms. The van der Waals surface area contributed by atoms with Gasteiger partial charge in [-0.05, 0) is 19.3 Å². The second-order valence-electron chi connectivity index (χ2n) is 4.34. The number of hydrogen-bond donors (Lipinski definition) is 3. The molecule has 6 nitrogen and oxygen atoms in total. The van der Waals surface area contributed by atoms with Gasteiger partial charge in [0.05, 0.1) is 6.04 Å². The highest BCUT2D eigenvalue weighted by atomic mass is 16.4. The molecular weight excluding hydrogens is 220 g/mol. The van der Waals surface area contributed by atoms with Gasteiger partial charge in [-0.3, -0.25) is 0 Å². The van der Waals surface area contributed by atoms with Crippen LogP contribution in [0.15, 0.2) is 5.16 Å². The lowest BCUT2D eigenvalue weighted by molar-refractivity contribution is 0.197. The Bertz CT molecular complexity index is 273. The lowest BCUT2D eigenvalue weighted by Gasteiger charge is -2.24. The number of nitrogens with two attached hydrogens (primary N) is 1. The first-order valence-electron chi connectivity index (χ1n) is 6.22. The molecule has 0 spiro atoms. The predicted molar refractivity (Wildman–Crippen MR) is 66.1 cm³/mol. The Labute approximate surface area is 102 Å². The van der Waals surface area contributed by atoms with Crippen molar-refractivity contribution in [2.75, 3.05) is 13.1 Å². The summed E-state index contributed by atoms with van der Waals surface area (Å²) < 4.78 is 0. The van der Waals surface area contributed by atoms with E-state index in [1.807, 2.05) is 6.92 Å². The first-order chi connectivity index (χ1) is 8.19. The summed E-state index contributed by atoms with van der Waals surface area (Å²) in [5.74, 6) is 0.0515. The van der Waals surface area contributed by atoms with E-state index in [-0.39, 0.29) is 11.9 Å². The number of likely N-dealkylation sites (tertiary alicyclic amines) is 1. The van der Waals surface area contributed by atoms with Gasteiger partial charge in [-0.25, -0.2) is 4.79 Å². The van der Waals surface area contributed by atoms with Crippen LogP contribution in [-0.2, 0) is 0 Å². The van der Waals surface area contributed by atoms with Crippen molar-refractivity contribution in [3.63, 3.8) is 0 Å². The monoisotopic (exact) mass is 242 g/mol. The Kier molecular flexibility index (Phi) is 5.59. The third kappa shape index (κ3) is 4.13. The van der Waals surface area contributed by atoms with Gasteiger partial charge in [0.15, 0.2) is 5.84 Å². The fraction of sp³-hybridized carbons (Fsp3) is 0.818. The molecule has 0 aliphatic carbocycles. The van der Waals surface area contributed by atoms with Crippen LogP contribution < -0.4 is 11.1 Å². The largest absolute Gasteiger partial charge is 0.409 e. The SMILES string of the molecule is CCC(NC(=O)N1CCCCCC1)C(N)=NO. The first-order valence-corrected chi connectivity index (χ1v) is 6.22. The van der Waals surface area contributed by atoms with E-state index >= 15 is 0 Å². The average Bonchev–Trinajstić information content (AvgIpc) is 2.63. The van der Waals surface area contributed by atoms with Crippen LogP contribution in [0.1, 0.15) is 39.0 Å². The molecule has 0 aromatic heterocycles. The molecule has 4 N–H and O–H groups in total. The van der Waals surface area contributed by atoms with E-state index in [0.717, 1.165) is 25.9 Å². The van der Waals surface area contributed by atoms with Gasteiger partial charge in [0, 0.05) is 13.1 Å². The highest BCUT2D eigenvalue weighted by Gasteiger charge is 2.20. The van der Waals surface area contributed by atoms with Gasteiger partial charge in [0.2, 0.25) is 0 Å². The molecule has 0 aromatic rings. The van der Waals surface area contributed by atoms with Crippen molar-refractivity contribution in [1.29, 1.82) is 0 Å². The number of nitrogens with zero attached hydrogens (tertiary/aromatic N) is 2. The number of amides is 2. The number of carbonyl (C=O) groups excluding carboxylic acids is 1. The van der Waals surface area contributed by atoms with E-state index in [0.29, 0.717) is 6.42 Å². The van der Waals surface area contributed by atoms with Gasteiger partial charge in [-0.15, -0.1) is 0 Å². The molecule has 1 fully saturated rings. The molecule has 0 aromatic carbocycles. The molecule has 1 aliphatic rings. The number of nitrogens with one attached hydrogen (secondary N) is 1. The molecule has 0 radical (unpaired) electrons. The van der Waals surface area contributed by atoms with Crippen molar-refractivity contribution in [3.8, 4) is 0 Å². The van der Waals surface area contributed by atoms with Crippen LogP contribution in [0.25, 0.3) is 0 Å². The minimum Gasteiger partial charge on any atom is -0.409 e. The number of carbonyl (C=O) groups is 1. The number of oxime groups is 1. The van der Waals surface area contributed by atoms with Crippen molar-refractivity contribution in [3.05, 3.63) is 0 Å². The summed E-state index contributed by atoms with van der Waals surface area (Å²) in [5.41, 5.74) is 5.50. The van der Waals surface area contributed by atoms with Crippen LogP contribution in [0.3, 0.4) is 0 Å². The molecule has 1 unspecified atom stereocenters. The summed E-state index contributed by atoms with van der Waals surface area (Å²) in [6, 6.07) is -0.513. The maximum atomic E-state index is 12.0. The first kappa shape index (κ1) is 13.6. The summed E-state index contributed by atoms with van der Waals surface area (Å²) in [6.45, 7) is 3.46. The van der Waals surface area contributed by atoms with Crippen LogP contribution in [-0.4, -0.2) is 41.1 Å². The molecule has 6 heteroatoms. The van der Waals surface area contributed by atoms with E-state index in [9.17, 15) is 4.79 Å². The summed E-state index contributed by atoms with van der Waals surface area (Å²) in [6.07, 6.45) is 5.07. The quantitative estimate of drug-likeness (QED) is 0.299. The molecule has 1 heterocycles. The number of rotatable bonds is 3. The van der Waals surface area contributed by atoms with Gasteiger partial charge in [0.25, 0.3) is 0 Å². The second kappa shape index (κ2) is 6.98. The summed E-state index contributed by atoms with van der Waals surface area (Å²) in [5, 5.41) is 14.3. The van der Waals surface area contributed by atoms with Crippen LogP contribution in [0.5, 0.6) is 0 Å². The average molecular weight is 242 g/mol. The Hall–Kier alpha value is -1.46. The highest BCUT2D eigenvalue weighted by Crippen LogP contribution is 2.09. The van der Waals surface area contributed by atoms with Crippen molar-refractivity contribution < 1.29 is 10.0 Å². The van der Waals surface area contributed by atoms with E-state index < -0.39 is 6.04 Å². The minimum atomic E-state index is -0.393. The summed E-state index contributed by atoms with van der Waals surface area (Å²) in [4.78, 5) is 13.8. The minimum absolute atomic E-state index is 0.0515. The van der Waals surface area contributed by atoms with Crippen LogP contribution in [0, 0.1) is 0 Å². The topological polar surface area (TPSA) is 91.0 Å². The van der Waals surface area contributed by atoms with Gasteiger partial charge in [0.1, 0.15) is 0 Å². The lowest BCUT2D eigenvalue weighted by Crippen LogP contribution is -2.50. The van der Waals surface area contributed by atoms with Crippen molar-refractivity contribution in [1.82, 2.24) is 10.2 Å². The van der Waals surface area contributed by atoms with Gasteiger partial charge >= 0.3 is 6.03 Å². The highest BCUT2D eigenvalue weighted by molar-refractivity contribution is 5.89. The molecule has 2 amide bonds. The Morgan fingerprint density at radius 2 is 2.00 bits per heavy atom. The van der Waals surface area contributed by atoms with E-state index in [4.69, 9.17) is 10.9 Å². The number of urea groups is 1. The zero-order valence-corrected chi connectivity index (χ0v) is 10.4. The van der Waals surface area contributed by atoms with Crippen molar-refractivity contribution >= 4 is 11.9 Å². The van der Waals surface area contributed by atoms with Crippen molar-refractivity contribution in [2.24, 2.45) is 10.9 Å². The molecule has 0 saturated carbocycles. The van der Waals surface area contributed by atoms with Gasteiger partial charge in [-0.1, -0.05) is 24.9 Å². The fourth-order valence-corrected chi connectivity index (χ4v) is 1.97. The lowest BCUT2D eigenvalue weighted by atomic mass is 10.2. The second-order valence-corrected chi connectivity index (χ2v) is 4.34. The van der Waals surface area contributed by atoms with Crippen LogP contribution >= 0.6 is 0 Å². The molecule has 1 saturated heterocycles. The van der Waals surface area contributed by atoms with Crippen LogP contribution in [0.2, 0.25) is 0 Å². The van der Waals surface area contributed by atoms with Gasteiger partial charge < -0.3 is 21.2 Å². The normalized spacial score (nSPS) is 19.6. The third-order valence-corrected chi connectivity index (χ3v) is 3.07. The van der Waals surface area contributed by atoms with E-state index in [1.165, 1.54) is 12.8 Å². The molecule has 1 atom stereocenters. The number of amidine groups is 1. The molecule has 1 aliphatic heterocycles. The zero-order valence-electron chi connectivity index (χ0n) is 10.4. The Morgan fingerprint density at radius 3 is 2.47 bits per heavy atom. The third-order valence-electron chi connectivity index (χ3n) is 3.07. The number of hydrogen-bond acceptors (Lipinski definition) is 3. The van der Waals surface area contributed by atoms with Crippen molar-refractivity contribution in [2.45, 2.75) is 45.1 Å².